The van der Waals surface area contributed by atoms with Crippen LogP contribution in [0.2, 0.25) is 0 Å². The average Bonchev–Trinajstić information content (AvgIpc) is 2.99. The first-order valence-electron chi connectivity index (χ1n) is 8.77. The van der Waals surface area contributed by atoms with E-state index >= 15 is 0 Å². The largest absolute Gasteiger partial charge is 0.479 e. The van der Waals surface area contributed by atoms with Gasteiger partial charge in [-0.15, -0.1) is 0 Å². The molecule has 0 radical (unpaired) electrons. The first-order chi connectivity index (χ1) is 12.0. The van der Waals surface area contributed by atoms with E-state index in [1.807, 2.05) is 27.7 Å². The zero-order chi connectivity index (χ0) is 20.1. The highest BCUT2D eigenvalue weighted by molar-refractivity contribution is 8.15. The molecule has 9 heteroatoms. The monoisotopic (exact) mass is 387 g/mol. The summed E-state index contributed by atoms with van der Waals surface area (Å²) in [6, 6.07) is -1.40. The van der Waals surface area contributed by atoms with Crippen molar-refractivity contribution in [3.05, 3.63) is 0 Å². The molecule has 0 saturated heterocycles. The van der Waals surface area contributed by atoms with Crippen LogP contribution in [0.15, 0.2) is 5.10 Å². The molecule has 1 aliphatic heterocycles. The number of ether oxygens (including phenoxy) is 1. The Morgan fingerprint density at radius 2 is 1.96 bits per heavy atom. The second kappa shape index (κ2) is 9.36. The minimum atomic E-state index is -1.13. The lowest BCUT2D eigenvalue weighted by molar-refractivity contribution is -0.149. The normalized spacial score (nSPS) is 19.7. The lowest BCUT2D eigenvalue weighted by Crippen LogP contribution is -2.51. The van der Waals surface area contributed by atoms with Crippen LogP contribution >= 0.6 is 11.8 Å². The van der Waals surface area contributed by atoms with Crippen LogP contribution in [0.5, 0.6) is 0 Å². The SMILES string of the molecule is CCC[C@@H](N[C@@H](C)C(=O)N1N=C(C(C)(C)C)SC1C(=O)O)C(=O)OCC. The van der Waals surface area contributed by atoms with E-state index < -0.39 is 35.3 Å². The van der Waals surface area contributed by atoms with Gasteiger partial charge >= 0.3 is 11.9 Å². The topological polar surface area (TPSA) is 108 Å². The molecule has 1 aliphatic rings. The summed E-state index contributed by atoms with van der Waals surface area (Å²) in [4.78, 5) is 36.4. The molecule has 0 bridgehead atoms. The number of hydrogen-bond acceptors (Lipinski definition) is 7. The van der Waals surface area contributed by atoms with Crippen LogP contribution < -0.4 is 5.32 Å². The standard InChI is InChI=1S/C17H29N3O5S/c1-7-9-11(15(24)25-8-2)18-10(3)12(21)20-13(14(22)23)26-16(19-20)17(4,5)6/h10-11,13,18H,7-9H2,1-6H3,(H,22,23)/t10-,11+,13?/m0/s1. The van der Waals surface area contributed by atoms with Gasteiger partial charge in [0.05, 0.1) is 12.6 Å². The van der Waals surface area contributed by atoms with Gasteiger partial charge in [-0.25, -0.2) is 9.80 Å². The quantitative estimate of drug-likeness (QED) is 0.614. The van der Waals surface area contributed by atoms with Crippen LogP contribution in [0.1, 0.15) is 54.4 Å². The van der Waals surface area contributed by atoms with Crippen molar-refractivity contribution in [3.63, 3.8) is 0 Å². The summed E-state index contributed by atoms with van der Waals surface area (Å²) in [5.41, 5.74) is -0.361. The summed E-state index contributed by atoms with van der Waals surface area (Å²) in [7, 11) is 0. The Morgan fingerprint density at radius 1 is 1.35 bits per heavy atom. The molecule has 1 rings (SSSR count). The molecule has 1 unspecified atom stereocenters. The summed E-state index contributed by atoms with van der Waals surface area (Å²) in [5.74, 6) is -2.04. The lowest BCUT2D eigenvalue weighted by atomic mass is 9.99. The Labute approximate surface area is 158 Å². The van der Waals surface area contributed by atoms with E-state index in [2.05, 4.69) is 10.4 Å². The van der Waals surface area contributed by atoms with E-state index in [0.29, 0.717) is 11.5 Å². The molecule has 1 heterocycles. The number of rotatable bonds is 8. The molecule has 3 atom stereocenters. The van der Waals surface area contributed by atoms with Gasteiger partial charge in [-0.1, -0.05) is 45.9 Å². The average molecular weight is 388 g/mol. The van der Waals surface area contributed by atoms with Crippen LogP contribution in [-0.2, 0) is 19.1 Å². The zero-order valence-corrected chi connectivity index (χ0v) is 17.1. The Balaban J connectivity index is 2.94. The summed E-state index contributed by atoms with van der Waals surface area (Å²) in [6.45, 7) is 11.2. The molecule has 8 nitrogen and oxygen atoms in total. The highest BCUT2D eigenvalue weighted by atomic mass is 32.2. The number of hydrazone groups is 1. The number of carboxylic acid groups (broad SMARTS) is 1. The summed E-state index contributed by atoms with van der Waals surface area (Å²) < 4.78 is 5.03. The van der Waals surface area contributed by atoms with Crippen molar-refractivity contribution in [2.24, 2.45) is 10.5 Å². The van der Waals surface area contributed by atoms with E-state index in [-0.39, 0.29) is 12.0 Å². The number of carbonyl (C=O) groups excluding carboxylic acids is 2. The van der Waals surface area contributed by atoms with Gasteiger partial charge < -0.3 is 9.84 Å². The molecule has 0 aromatic rings. The van der Waals surface area contributed by atoms with E-state index in [0.717, 1.165) is 23.2 Å². The molecular weight excluding hydrogens is 358 g/mol. The van der Waals surface area contributed by atoms with Gasteiger partial charge in [-0.2, -0.15) is 5.10 Å². The second-order valence-corrected chi connectivity index (χ2v) is 8.20. The van der Waals surface area contributed by atoms with E-state index in [9.17, 15) is 19.5 Å². The zero-order valence-electron chi connectivity index (χ0n) is 16.2. The number of hydrogen-bond donors (Lipinski definition) is 2. The second-order valence-electron chi connectivity index (χ2n) is 7.13. The molecule has 0 aromatic heterocycles. The summed E-state index contributed by atoms with van der Waals surface area (Å²) in [5, 5.41) is 17.1. The van der Waals surface area contributed by atoms with Crippen molar-refractivity contribution in [2.45, 2.75) is 71.8 Å². The predicted molar refractivity (Wildman–Crippen MR) is 101 cm³/mol. The maximum absolute atomic E-state index is 12.8. The van der Waals surface area contributed by atoms with Crippen molar-refractivity contribution >= 4 is 34.7 Å². The van der Waals surface area contributed by atoms with Gasteiger partial charge in [0, 0.05) is 5.41 Å². The van der Waals surface area contributed by atoms with Gasteiger partial charge in [0.2, 0.25) is 5.37 Å². The smallest absolute Gasteiger partial charge is 0.339 e. The number of carbonyl (C=O) groups is 3. The van der Waals surface area contributed by atoms with Crippen molar-refractivity contribution < 1.29 is 24.2 Å². The van der Waals surface area contributed by atoms with Crippen molar-refractivity contribution in [1.82, 2.24) is 10.3 Å². The van der Waals surface area contributed by atoms with Gasteiger partial charge in [-0.3, -0.25) is 14.9 Å². The minimum absolute atomic E-state index is 0.256. The summed E-state index contributed by atoms with van der Waals surface area (Å²) in [6.07, 6.45) is 1.26. The van der Waals surface area contributed by atoms with Gasteiger partial charge in [0.1, 0.15) is 11.1 Å². The van der Waals surface area contributed by atoms with Crippen LogP contribution in [0, 0.1) is 5.41 Å². The number of carboxylic acids is 1. The van der Waals surface area contributed by atoms with Crippen molar-refractivity contribution in [3.8, 4) is 0 Å². The number of amides is 1. The molecule has 0 fully saturated rings. The van der Waals surface area contributed by atoms with Gasteiger partial charge in [0.25, 0.3) is 5.91 Å². The fourth-order valence-corrected chi connectivity index (χ4v) is 3.40. The fraction of sp³-hybridized carbons (Fsp3) is 0.765. The molecule has 1 amide bonds. The molecule has 2 N–H and O–H groups in total. The molecule has 148 valence electrons. The predicted octanol–water partition coefficient (Wildman–Crippen LogP) is 2.04. The molecule has 26 heavy (non-hydrogen) atoms. The first kappa shape index (κ1) is 22.4. The maximum Gasteiger partial charge on any atom is 0.339 e. The Morgan fingerprint density at radius 3 is 2.42 bits per heavy atom. The van der Waals surface area contributed by atoms with Crippen LogP contribution in [0.25, 0.3) is 0 Å². The van der Waals surface area contributed by atoms with Gasteiger partial charge in [-0.05, 0) is 20.3 Å². The lowest BCUT2D eigenvalue weighted by Gasteiger charge is -2.25. The molecule has 0 aliphatic carbocycles. The van der Waals surface area contributed by atoms with Crippen molar-refractivity contribution in [2.75, 3.05) is 6.61 Å². The number of nitrogens with zero attached hydrogens (tertiary/aromatic N) is 2. The molecule has 0 spiro atoms. The number of thioether (sulfide) groups is 1. The van der Waals surface area contributed by atoms with E-state index in [1.54, 1.807) is 13.8 Å². The number of nitrogens with one attached hydrogen (secondary N) is 1. The Bertz CT molecular complexity index is 573. The molecule has 0 aromatic carbocycles. The third kappa shape index (κ3) is 5.70. The maximum atomic E-state index is 12.8. The third-order valence-corrected chi connectivity index (χ3v) is 5.23. The first-order valence-corrected chi connectivity index (χ1v) is 9.65. The van der Waals surface area contributed by atoms with Crippen molar-refractivity contribution in [1.29, 1.82) is 0 Å². The Hall–Kier alpha value is -1.61. The third-order valence-electron chi connectivity index (χ3n) is 3.69. The van der Waals surface area contributed by atoms with E-state index in [4.69, 9.17) is 4.74 Å². The van der Waals surface area contributed by atoms with Crippen LogP contribution in [0.3, 0.4) is 0 Å². The summed E-state index contributed by atoms with van der Waals surface area (Å²) >= 11 is 1.06. The Kier molecular flexibility index (Phi) is 8.08. The fourth-order valence-electron chi connectivity index (χ4n) is 2.35. The minimum Gasteiger partial charge on any atom is -0.479 e. The van der Waals surface area contributed by atoms with E-state index in [1.165, 1.54) is 0 Å². The highest BCUT2D eigenvalue weighted by Crippen LogP contribution is 2.35. The van der Waals surface area contributed by atoms with Gasteiger partial charge in [0.15, 0.2) is 0 Å². The molecule has 0 saturated carbocycles. The number of esters is 1. The molecular formula is C17H29N3O5S. The number of aliphatic carboxylic acids is 1. The van der Waals surface area contributed by atoms with Crippen LogP contribution in [-0.4, -0.2) is 57.1 Å². The van der Waals surface area contributed by atoms with Crippen LogP contribution in [0.4, 0.5) is 0 Å². The highest BCUT2D eigenvalue weighted by Gasteiger charge is 2.42.